The Morgan fingerprint density at radius 3 is 2.59 bits per heavy atom. The third-order valence-corrected chi connectivity index (χ3v) is 7.39. The van der Waals surface area contributed by atoms with Crippen LogP contribution in [0.5, 0.6) is 17.2 Å². The molecule has 0 aliphatic carbocycles. The molecule has 2 aliphatic heterocycles. The molecule has 6 nitrogen and oxygen atoms in total. The van der Waals surface area contributed by atoms with E-state index in [-0.39, 0.29) is 11.7 Å². The number of phenolic OH excluding ortho intramolecular Hbond substituents is 1. The molecule has 0 aromatic heterocycles. The van der Waals surface area contributed by atoms with E-state index in [1.54, 1.807) is 11.0 Å². The average molecular weight is 498 g/mol. The zero-order chi connectivity index (χ0) is 25.8. The van der Waals surface area contributed by atoms with Crippen LogP contribution >= 0.6 is 0 Å². The number of carbonyl (C=O) groups is 1. The van der Waals surface area contributed by atoms with Crippen LogP contribution in [0.1, 0.15) is 42.6 Å². The number of phenols is 1. The second-order valence-corrected chi connectivity index (χ2v) is 9.58. The van der Waals surface area contributed by atoms with Gasteiger partial charge in [0.05, 0.1) is 11.4 Å². The number of nitrogens with zero attached hydrogens (tertiary/aromatic N) is 3. The summed E-state index contributed by atoms with van der Waals surface area (Å²) >= 11 is 0. The van der Waals surface area contributed by atoms with E-state index < -0.39 is 0 Å². The Bertz CT molecular complexity index is 1270. The van der Waals surface area contributed by atoms with Gasteiger partial charge in [0.25, 0.3) is 5.91 Å². The first-order valence-corrected chi connectivity index (χ1v) is 13.3. The van der Waals surface area contributed by atoms with Gasteiger partial charge < -0.3 is 24.5 Å². The Kier molecular flexibility index (Phi) is 7.35. The van der Waals surface area contributed by atoms with E-state index in [0.29, 0.717) is 36.2 Å². The standard InChI is InChI=1S/C31H35N3O3/c1-3-32(4-2)31(36)24-15-16-26-29(22-24)37-30-27(13-8-14-28(30)35)34(26)21-18-25-12-9-19-33(25)20-17-23-10-6-5-7-11-23/h5-11,13-16,19,22,25,35H,3-4,12,17-18,20-21H2,1-2H3. The molecule has 6 heteroatoms. The minimum Gasteiger partial charge on any atom is -0.504 e. The molecule has 192 valence electrons. The van der Waals surface area contributed by atoms with E-state index in [1.807, 2.05) is 44.2 Å². The van der Waals surface area contributed by atoms with Gasteiger partial charge in [-0.1, -0.05) is 42.5 Å². The second-order valence-electron chi connectivity index (χ2n) is 9.58. The number of carbonyl (C=O) groups excluding carboxylic acids is 1. The lowest BCUT2D eigenvalue weighted by molar-refractivity contribution is 0.0772. The Hall–Kier alpha value is -3.93. The van der Waals surface area contributed by atoms with Gasteiger partial charge in [0.15, 0.2) is 17.2 Å². The highest BCUT2D eigenvalue weighted by molar-refractivity contribution is 5.96. The van der Waals surface area contributed by atoms with Gasteiger partial charge in [0.1, 0.15) is 0 Å². The number of benzene rings is 3. The predicted molar refractivity (Wildman–Crippen MR) is 148 cm³/mol. The number of para-hydroxylation sites is 1. The van der Waals surface area contributed by atoms with Crippen molar-refractivity contribution in [1.82, 2.24) is 9.80 Å². The fraction of sp³-hybridized carbons (Fsp3) is 0.323. The zero-order valence-corrected chi connectivity index (χ0v) is 21.6. The molecular formula is C31H35N3O3. The largest absolute Gasteiger partial charge is 0.504 e. The molecule has 1 atom stereocenters. The fourth-order valence-electron chi connectivity index (χ4n) is 5.29. The molecule has 1 N–H and O–H groups in total. The molecule has 0 saturated heterocycles. The highest BCUT2D eigenvalue weighted by Crippen LogP contribution is 2.50. The monoisotopic (exact) mass is 497 g/mol. The van der Waals surface area contributed by atoms with Gasteiger partial charge in [-0.15, -0.1) is 0 Å². The first-order valence-electron chi connectivity index (χ1n) is 13.3. The quantitative estimate of drug-likeness (QED) is 0.374. The number of ether oxygens (including phenoxy) is 1. The summed E-state index contributed by atoms with van der Waals surface area (Å²) in [6, 6.07) is 22.1. The van der Waals surface area contributed by atoms with Gasteiger partial charge in [-0.3, -0.25) is 4.79 Å². The van der Waals surface area contributed by atoms with Crippen LogP contribution in [0.2, 0.25) is 0 Å². The van der Waals surface area contributed by atoms with Crippen LogP contribution in [-0.4, -0.2) is 53.0 Å². The van der Waals surface area contributed by atoms with Crippen LogP contribution < -0.4 is 9.64 Å². The molecule has 0 bridgehead atoms. The van der Waals surface area contributed by atoms with Gasteiger partial charge in [-0.2, -0.15) is 0 Å². The Morgan fingerprint density at radius 1 is 1.00 bits per heavy atom. The maximum atomic E-state index is 13.0. The molecule has 2 heterocycles. The lowest BCUT2D eigenvalue weighted by Crippen LogP contribution is -2.33. The summed E-state index contributed by atoms with van der Waals surface area (Å²) in [6.07, 6.45) is 7.48. The van der Waals surface area contributed by atoms with Gasteiger partial charge in [0, 0.05) is 37.8 Å². The summed E-state index contributed by atoms with van der Waals surface area (Å²) in [5.74, 6) is 1.11. The van der Waals surface area contributed by atoms with Crippen molar-refractivity contribution in [3.8, 4) is 17.2 Å². The molecule has 0 saturated carbocycles. The fourth-order valence-corrected chi connectivity index (χ4v) is 5.29. The molecule has 3 aromatic rings. The van der Waals surface area contributed by atoms with Crippen molar-refractivity contribution < 1.29 is 14.6 Å². The summed E-state index contributed by atoms with van der Waals surface area (Å²) < 4.78 is 6.17. The average Bonchev–Trinajstić information content (AvgIpc) is 3.38. The molecule has 0 spiro atoms. The molecule has 0 radical (unpaired) electrons. The second kappa shape index (κ2) is 11.0. The summed E-state index contributed by atoms with van der Waals surface area (Å²) in [6.45, 7) is 7.02. The predicted octanol–water partition coefficient (Wildman–Crippen LogP) is 6.34. The molecule has 1 amide bonds. The number of hydrogen-bond donors (Lipinski definition) is 1. The highest BCUT2D eigenvalue weighted by Gasteiger charge is 2.29. The van der Waals surface area contributed by atoms with Crippen molar-refractivity contribution in [3.05, 3.63) is 90.1 Å². The Morgan fingerprint density at radius 2 is 1.81 bits per heavy atom. The van der Waals surface area contributed by atoms with Crippen LogP contribution in [0.4, 0.5) is 11.4 Å². The third-order valence-electron chi connectivity index (χ3n) is 7.39. The maximum Gasteiger partial charge on any atom is 0.253 e. The van der Waals surface area contributed by atoms with Crippen molar-refractivity contribution in [2.45, 2.75) is 39.2 Å². The normalized spacial score (nSPS) is 15.8. The van der Waals surface area contributed by atoms with E-state index in [4.69, 9.17) is 4.74 Å². The lowest BCUT2D eigenvalue weighted by atomic mass is 10.1. The summed E-state index contributed by atoms with van der Waals surface area (Å²) in [5, 5.41) is 10.6. The van der Waals surface area contributed by atoms with Crippen molar-refractivity contribution in [3.63, 3.8) is 0 Å². The summed E-state index contributed by atoms with van der Waals surface area (Å²) in [7, 11) is 0. The molecule has 1 unspecified atom stereocenters. The van der Waals surface area contributed by atoms with Gasteiger partial charge in [-0.05, 0) is 75.2 Å². The number of hydrogen-bond acceptors (Lipinski definition) is 5. The molecule has 3 aromatic carbocycles. The van der Waals surface area contributed by atoms with Crippen LogP contribution in [0.15, 0.2) is 79.0 Å². The molecular weight excluding hydrogens is 462 g/mol. The van der Waals surface area contributed by atoms with Crippen molar-refractivity contribution >= 4 is 17.3 Å². The number of amides is 1. The summed E-state index contributed by atoms with van der Waals surface area (Å²) in [4.78, 5) is 19.4. The molecule has 5 rings (SSSR count). The lowest BCUT2D eigenvalue weighted by Gasteiger charge is -2.35. The number of anilines is 2. The van der Waals surface area contributed by atoms with Crippen molar-refractivity contribution in [2.75, 3.05) is 31.1 Å². The first kappa shape index (κ1) is 24.8. The van der Waals surface area contributed by atoms with E-state index in [1.165, 1.54) is 5.56 Å². The topological polar surface area (TPSA) is 56.3 Å². The maximum absolute atomic E-state index is 13.0. The minimum atomic E-state index is -0.0166. The van der Waals surface area contributed by atoms with Crippen LogP contribution in [0.3, 0.4) is 0 Å². The van der Waals surface area contributed by atoms with Crippen molar-refractivity contribution in [2.24, 2.45) is 0 Å². The van der Waals surface area contributed by atoms with Crippen molar-refractivity contribution in [1.29, 1.82) is 0 Å². The Labute approximate surface area is 219 Å². The number of rotatable bonds is 9. The van der Waals surface area contributed by atoms with Gasteiger partial charge in [-0.25, -0.2) is 0 Å². The number of fused-ring (bicyclic) bond motifs is 2. The highest BCUT2D eigenvalue weighted by atomic mass is 16.5. The van der Waals surface area contributed by atoms with Gasteiger partial charge >= 0.3 is 0 Å². The van der Waals surface area contributed by atoms with E-state index in [2.05, 4.69) is 52.4 Å². The first-order chi connectivity index (χ1) is 18.1. The Balaban J connectivity index is 1.36. The summed E-state index contributed by atoms with van der Waals surface area (Å²) in [5.41, 5.74) is 3.70. The van der Waals surface area contributed by atoms with E-state index >= 15 is 0 Å². The third kappa shape index (κ3) is 5.15. The molecule has 0 fully saturated rings. The molecule has 37 heavy (non-hydrogen) atoms. The zero-order valence-electron chi connectivity index (χ0n) is 21.6. The van der Waals surface area contributed by atoms with Crippen LogP contribution in [0, 0.1) is 0 Å². The smallest absolute Gasteiger partial charge is 0.253 e. The van der Waals surface area contributed by atoms with Crippen LogP contribution in [-0.2, 0) is 6.42 Å². The minimum absolute atomic E-state index is 0.0166. The van der Waals surface area contributed by atoms with E-state index in [9.17, 15) is 9.90 Å². The van der Waals surface area contributed by atoms with E-state index in [0.717, 1.165) is 43.7 Å². The SMILES string of the molecule is CCN(CC)C(=O)c1ccc2c(c1)Oc1c(O)cccc1N2CCC1CC=CN1CCc1ccccc1. The van der Waals surface area contributed by atoms with Gasteiger partial charge in [0.2, 0.25) is 0 Å². The molecule has 2 aliphatic rings. The van der Waals surface area contributed by atoms with Crippen LogP contribution in [0.25, 0.3) is 0 Å². The number of aromatic hydroxyl groups is 1.